The zero-order valence-corrected chi connectivity index (χ0v) is 27.6. The Morgan fingerprint density at radius 3 is 1.37 bits per heavy atom. The van der Waals surface area contributed by atoms with E-state index < -0.39 is 5.41 Å². The van der Waals surface area contributed by atoms with Gasteiger partial charge in [0.15, 0.2) is 0 Å². The van der Waals surface area contributed by atoms with Crippen LogP contribution in [-0.4, -0.2) is 5.11 Å². The number of hydrogen-bond donors (Lipinski definition) is 1. The van der Waals surface area contributed by atoms with Crippen molar-refractivity contribution in [3.8, 4) is 39.5 Å². The van der Waals surface area contributed by atoms with Gasteiger partial charge in [0.25, 0.3) is 0 Å². The van der Waals surface area contributed by atoms with E-state index in [0.717, 1.165) is 28.2 Å². The van der Waals surface area contributed by atoms with Crippen molar-refractivity contribution in [2.24, 2.45) is 0 Å². The van der Waals surface area contributed by atoms with Crippen LogP contribution >= 0.6 is 0 Å². The first-order valence-electron chi connectivity index (χ1n) is 14.6. The van der Waals surface area contributed by atoms with Crippen LogP contribution in [0.2, 0.25) is 0 Å². The van der Waals surface area contributed by atoms with E-state index in [2.05, 4.69) is 116 Å². The number of fused-ring (bicyclic) bond motifs is 3. The average Bonchev–Trinajstić information content (AvgIpc) is 3.35. The standard InChI is InChI=1S/C38H28O2.C2H6.Y/c1-26-10-12-27(13-11-26)28-14-22-32(23-15-28)40-33-24-18-30(19-25-33)38(29-16-20-31(39)21-17-29)36-8-4-2-6-34(36)35-7-3-5-9-37(35)38;1-2;/h2-25,39H,1H3;1-2H3;. The van der Waals surface area contributed by atoms with E-state index in [9.17, 15) is 5.11 Å². The van der Waals surface area contributed by atoms with Gasteiger partial charge in [-0.05, 0) is 87.8 Å². The molecule has 0 saturated heterocycles. The van der Waals surface area contributed by atoms with Crippen molar-refractivity contribution in [1.82, 2.24) is 0 Å². The number of aryl methyl sites for hydroxylation is 1. The number of rotatable bonds is 5. The molecule has 0 saturated carbocycles. The fraction of sp³-hybridized carbons (Fsp3) is 0.100. The van der Waals surface area contributed by atoms with Gasteiger partial charge in [0, 0.05) is 32.7 Å². The molecule has 1 radical (unpaired) electrons. The van der Waals surface area contributed by atoms with Gasteiger partial charge in [-0.3, -0.25) is 0 Å². The molecule has 0 unspecified atom stereocenters. The molecule has 0 aromatic heterocycles. The molecule has 0 spiro atoms. The molecule has 1 N–H and O–H groups in total. The minimum Gasteiger partial charge on any atom is -0.508 e. The summed E-state index contributed by atoms with van der Waals surface area (Å²) in [5.41, 5.74) is 10.3. The monoisotopic (exact) mass is 635 g/mol. The molecule has 2 nitrogen and oxygen atoms in total. The van der Waals surface area contributed by atoms with Crippen LogP contribution in [0.3, 0.4) is 0 Å². The number of hydrogen-bond acceptors (Lipinski definition) is 2. The zero-order chi connectivity index (χ0) is 29.1. The number of phenolic OH excluding ortho intramolecular Hbond substituents is 1. The smallest absolute Gasteiger partial charge is 0.127 e. The first-order valence-corrected chi connectivity index (χ1v) is 14.6. The summed E-state index contributed by atoms with van der Waals surface area (Å²) in [7, 11) is 0. The topological polar surface area (TPSA) is 29.5 Å². The Hall–Kier alpha value is -3.98. The van der Waals surface area contributed by atoms with Crippen LogP contribution in [0.4, 0.5) is 0 Å². The van der Waals surface area contributed by atoms with E-state index in [1.165, 1.54) is 33.4 Å². The second-order valence-corrected chi connectivity index (χ2v) is 10.4. The quantitative estimate of drug-likeness (QED) is 0.204. The molecular weight excluding hydrogens is 601 g/mol. The second kappa shape index (κ2) is 13.1. The Labute approximate surface area is 279 Å². The molecule has 43 heavy (non-hydrogen) atoms. The van der Waals surface area contributed by atoms with Gasteiger partial charge in [0.1, 0.15) is 17.2 Å². The molecule has 0 heterocycles. The summed E-state index contributed by atoms with van der Waals surface area (Å²) < 4.78 is 6.27. The third-order valence-electron chi connectivity index (χ3n) is 8.01. The van der Waals surface area contributed by atoms with Crippen molar-refractivity contribution in [1.29, 1.82) is 0 Å². The van der Waals surface area contributed by atoms with Gasteiger partial charge in [-0.15, -0.1) is 0 Å². The molecule has 1 aliphatic rings. The van der Waals surface area contributed by atoms with Crippen molar-refractivity contribution in [3.05, 3.63) is 173 Å². The molecular formula is C40H34O2Y. The summed E-state index contributed by atoms with van der Waals surface area (Å²) in [5.74, 6) is 1.84. The average molecular weight is 636 g/mol. The number of phenols is 1. The molecule has 6 aromatic rings. The van der Waals surface area contributed by atoms with Crippen molar-refractivity contribution < 1.29 is 42.6 Å². The summed E-state index contributed by atoms with van der Waals surface area (Å²) in [6.07, 6.45) is 0. The summed E-state index contributed by atoms with van der Waals surface area (Å²) in [6, 6.07) is 50.1. The maximum Gasteiger partial charge on any atom is 0.127 e. The largest absolute Gasteiger partial charge is 0.508 e. The van der Waals surface area contributed by atoms with Crippen molar-refractivity contribution >= 4 is 0 Å². The van der Waals surface area contributed by atoms with E-state index >= 15 is 0 Å². The summed E-state index contributed by atoms with van der Waals surface area (Å²) in [4.78, 5) is 0. The molecule has 0 atom stereocenters. The van der Waals surface area contributed by atoms with Crippen LogP contribution in [-0.2, 0) is 38.1 Å². The Kier molecular flexibility index (Phi) is 9.30. The van der Waals surface area contributed by atoms with Crippen molar-refractivity contribution in [2.45, 2.75) is 26.2 Å². The van der Waals surface area contributed by atoms with Crippen LogP contribution in [0.1, 0.15) is 41.7 Å². The van der Waals surface area contributed by atoms with Gasteiger partial charge in [-0.2, -0.15) is 0 Å². The Balaban J connectivity index is 0.00000120. The van der Waals surface area contributed by atoms with Crippen molar-refractivity contribution in [3.63, 3.8) is 0 Å². The second-order valence-electron chi connectivity index (χ2n) is 10.4. The molecule has 6 aromatic carbocycles. The first kappa shape index (κ1) is 30.5. The van der Waals surface area contributed by atoms with E-state index in [4.69, 9.17) is 4.74 Å². The maximum atomic E-state index is 10.1. The molecule has 7 rings (SSSR count). The fourth-order valence-electron chi connectivity index (χ4n) is 6.11. The summed E-state index contributed by atoms with van der Waals surface area (Å²) >= 11 is 0. The Bertz CT molecular complexity index is 1760. The van der Waals surface area contributed by atoms with Gasteiger partial charge < -0.3 is 9.84 Å². The molecule has 209 valence electrons. The van der Waals surface area contributed by atoms with Crippen LogP contribution in [0, 0.1) is 6.92 Å². The van der Waals surface area contributed by atoms with Crippen LogP contribution < -0.4 is 4.74 Å². The van der Waals surface area contributed by atoms with E-state index in [0.29, 0.717) is 0 Å². The van der Waals surface area contributed by atoms with E-state index in [1.54, 1.807) is 12.1 Å². The van der Waals surface area contributed by atoms with Gasteiger partial charge in [0.05, 0.1) is 5.41 Å². The van der Waals surface area contributed by atoms with E-state index in [-0.39, 0.29) is 38.5 Å². The summed E-state index contributed by atoms with van der Waals surface area (Å²) in [5, 5.41) is 10.1. The molecule has 0 amide bonds. The van der Waals surface area contributed by atoms with Gasteiger partial charge in [-0.1, -0.05) is 129 Å². The third-order valence-corrected chi connectivity index (χ3v) is 8.01. The number of aromatic hydroxyl groups is 1. The van der Waals surface area contributed by atoms with Crippen LogP contribution in [0.15, 0.2) is 146 Å². The van der Waals surface area contributed by atoms with Crippen LogP contribution in [0.5, 0.6) is 17.2 Å². The first-order chi connectivity index (χ1) is 20.6. The van der Waals surface area contributed by atoms with Crippen LogP contribution in [0.25, 0.3) is 22.3 Å². The Morgan fingerprint density at radius 1 is 0.488 bits per heavy atom. The minimum atomic E-state index is -0.505. The SMILES string of the molecule is CC.Cc1ccc(-c2ccc(Oc3ccc(C4(c5ccc(O)cc5)c5ccccc5-c5ccccc54)cc3)cc2)cc1.[Y]. The molecule has 3 heteroatoms. The molecule has 0 aliphatic heterocycles. The number of ether oxygens (including phenoxy) is 1. The molecule has 0 bridgehead atoms. The third kappa shape index (κ3) is 5.58. The van der Waals surface area contributed by atoms with Crippen molar-refractivity contribution in [2.75, 3.05) is 0 Å². The Morgan fingerprint density at radius 2 is 0.884 bits per heavy atom. The maximum absolute atomic E-state index is 10.1. The fourth-order valence-corrected chi connectivity index (χ4v) is 6.11. The molecule has 0 fully saturated rings. The minimum absolute atomic E-state index is 0. The van der Waals surface area contributed by atoms with Gasteiger partial charge in [0.2, 0.25) is 0 Å². The van der Waals surface area contributed by atoms with Gasteiger partial charge in [-0.25, -0.2) is 0 Å². The van der Waals surface area contributed by atoms with E-state index in [1.807, 2.05) is 38.1 Å². The predicted octanol–water partition coefficient (Wildman–Crippen LogP) is 10.5. The zero-order valence-electron chi connectivity index (χ0n) is 24.8. The predicted molar refractivity (Wildman–Crippen MR) is 173 cm³/mol. The van der Waals surface area contributed by atoms with Gasteiger partial charge >= 0.3 is 0 Å². The molecule has 1 aliphatic carbocycles. The normalized spacial score (nSPS) is 12.2. The number of benzene rings is 6. The summed E-state index contributed by atoms with van der Waals surface area (Å²) in [6.45, 7) is 6.10.